The number of nitrogens with one attached hydrogen (secondary N) is 2. The fourth-order valence-corrected chi connectivity index (χ4v) is 2.63. The molecule has 0 bridgehead atoms. The van der Waals surface area contributed by atoms with Crippen molar-refractivity contribution in [2.75, 3.05) is 18.4 Å². The molecule has 0 spiro atoms. The fraction of sp³-hybridized carbons (Fsp3) is 0.333. The monoisotopic (exact) mass is 282 g/mol. The molecule has 0 aromatic heterocycles. The number of hydrogen-bond donors (Lipinski definition) is 2. The summed E-state index contributed by atoms with van der Waals surface area (Å²) >= 11 is 0. The van der Waals surface area contributed by atoms with E-state index >= 15 is 0 Å². The maximum atomic E-state index is 5.86. The van der Waals surface area contributed by atoms with Crippen LogP contribution in [0, 0.1) is 0 Å². The van der Waals surface area contributed by atoms with E-state index < -0.39 is 0 Å². The van der Waals surface area contributed by atoms with Gasteiger partial charge in [-0.05, 0) is 43.7 Å². The summed E-state index contributed by atoms with van der Waals surface area (Å²) in [6, 6.07) is 18.6. The first-order chi connectivity index (χ1) is 10.4. The number of piperidine rings is 1. The molecule has 1 atom stereocenters. The Morgan fingerprint density at radius 3 is 2.67 bits per heavy atom. The molecule has 1 saturated heterocycles. The highest BCUT2D eigenvalue weighted by molar-refractivity contribution is 5.49. The van der Waals surface area contributed by atoms with Gasteiger partial charge >= 0.3 is 0 Å². The van der Waals surface area contributed by atoms with Crippen LogP contribution in [0.1, 0.15) is 19.3 Å². The molecular formula is C18H22N2O. The number of anilines is 1. The van der Waals surface area contributed by atoms with E-state index in [9.17, 15) is 0 Å². The van der Waals surface area contributed by atoms with Gasteiger partial charge in [0.05, 0.1) is 0 Å². The van der Waals surface area contributed by atoms with Gasteiger partial charge in [-0.3, -0.25) is 0 Å². The lowest BCUT2D eigenvalue weighted by Crippen LogP contribution is -2.39. The zero-order chi connectivity index (χ0) is 14.3. The number of para-hydroxylation sites is 1. The van der Waals surface area contributed by atoms with Crippen LogP contribution in [0.5, 0.6) is 11.5 Å². The van der Waals surface area contributed by atoms with Gasteiger partial charge in [-0.1, -0.05) is 30.7 Å². The van der Waals surface area contributed by atoms with Crippen LogP contribution >= 0.6 is 0 Å². The molecular weight excluding hydrogens is 260 g/mol. The van der Waals surface area contributed by atoms with Crippen molar-refractivity contribution in [3.05, 3.63) is 54.6 Å². The summed E-state index contributed by atoms with van der Waals surface area (Å²) in [7, 11) is 0. The van der Waals surface area contributed by atoms with Crippen molar-refractivity contribution < 1.29 is 4.74 Å². The van der Waals surface area contributed by atoms with Crippen molar-refractivity contribution in [2.45, 2.75) is 25.3 Å². The third-order valence-electron chi connectivity index (χ3n) is 3.78. The highest BCUT2D eigenvalue weighted by Crippen LogP contribution is 2.23. The van der Waals surface area contributed by atoms with Crippen LogP contribution < -0.4 is 15.4 Å². The maximum Gasteiger partial charge on any atom is 0.129 e. The van der Waals surface area contributed by atoms with E-state index in [1.165, 1.54) is 19.3 Å². The van der Waals surface area contributed by atoms with Crippen molar-refractivity contribution >= 4 is 5.69 Å². The van der Waals surface area contributed by atoms with Crippen LogP contribution in [0.25, 0.3) is 0 Å². The van der Waals surface area contributed by atoms with E-state index in [4.69, 9.17) is 4.74 Å². The molecule has 110 valence electrons. The van der Waals surface area contributed by atoms with E-state index in [1.54, 1.807) is 0 Å². The van der Waals surface area contributed by atoms with Gasteiger partial charge in [0.15, 0.2) is 0 Å². The topological polar surface area (TPSA) is 33.3 Å². The van der Waals surface area contributed by atoms with Gasteiger partial charge in [-0.15, -0.1) is 0 Å². The first-order valence-electron chi connectivity index (χ1n) is 7.70. The van der Waals surface area contributed by atoms with Gasteiger partial charge < -0.3 is 15.4 Å². The number of hydrogen-bond acceptors (Lipinski definition) is 3. The van der Waals surface area contributed by atoms with E-state index in [1.807, 2.05) is 42.5 Å². The summed E-state index contributed by atoms with van der Waals surface area (Å²) in [6.07, 6.45) is 3.89. The first kappa shape index (κ1) is 14.0. The maximum absolute atomic E-state index is 5.86. The van der Waals surface area contributed by atoms with E-state index in [-0.39, 0.29) is 0 Å². The number of benzene rings is 2. The average Bonchev–Trinajstić information content (AvgIpc) is 2.55. The molecule has 1 aliphatic rings. The Hall–Kier alpha value is -2.00. The Morgan fingerprint density at radius 2 is 1.86 bits per heavy atom. The smallest absolute Gasteiger partial charge is 0.129 e. The molecule has 1 unspecified atom stereocenters. The average molecular weight is 282 g/mol. The highest BCUT2D eigenvalue weighted by atomic mass is 16.5. The Labute approximate surface area is 126 Å². The van der Waals surface area contributed by atoms with Crippen LogP contribution in [0.2, 0.25) is 0 Å². The Balaban J connectivity index is 1.57. The van der Waals surface area contributed by atoms with Gasteiger partial charge in [0.25, 0.3) is 0 Å². The molecule has 1 fully saturated rings. The molecule has 3 heteroatoms. The summed E-state index contributed by atoms with van der Waals surface area (Å²) in [4.78, 5) is 0. The van der Waals surface area contributed by atoms with Crippen molar-refractivity contribution in [3.63, 3.8) is 0 Å². The SMILES string of the molecule is c1ccc(Oc2cccc(NCC3CCCCN3)c2)cc1. The lowest BCUT2D eigenvalue weighted by molar-refractivity contribution is 0.414. The largest absolute Gasteiger partial charge is 0.457 e. The van der Waals surface area contributed by atoms with Crippen molar-refractivity contribution in [1.82, 2.24) is 5.32 Å². The molecule has 1 heterocycles. The van der Waals surface area contributed by atoms with E-state index in [0.717, 1.165) is 30.3 Å². The van der Waals surface area contributed by atoms with Crippen LogP contribution in [0.3, 0.4) is 0 Å². The zero-order valence-electron chi connectivity index (χ0n) is 12.2. The lowest BCUT2D eigenvalue weighted by atomic mass is 10.1. The second-order valence-corrected chi connectivity index (χ2v) is 5.47. The van der Waals surface area contributed by atoms with Gasteiger partial charge in [0.2, 0.25) is 0 Å². The van der Waals surface area contributed by atoms with Gasteiger partial charge in [-0.2, -0.15) is 0 Å². The second-order valence-electron chi connectivity index (χ2n) is 5.47. The Kier molecular flexibility index (Phi) is 4.74. The molecule has 2 aromatic rings. The van der Waals surface area contributed by atoms with Crippen molar-refractivity contribution in [1.29, 1.82) is 0 Å². The molecule has 0 saturated carbocycles. The third-order valence-corrected chi connectivity index (χ3v) is 3.78. The van der Waals surface area contributed by atoms with Gasteiger partial charge in [0.1, 0.15) is 11.5 Å². The normalized spacial score (nSPS) is 18.2. The quantitative estimate of drug-likeness (QED) is 0.868. The minimum atomic E-state index is 0.581. The first-order valence-corrected chi connectivity index (χ1v) is 7.70. The van der Waals surface area contributed by atoms with Crippen LogP contribution in [-0.4, -0.2) is 19.1 Å². The molecule has 2 aromatic carbocycles. The van der Waals surface area contributed by atoms with Crippen molar-refractivity contribution in [2.24, 2.45) is 0 Å². The number of rotatable bonds is 5. The molecule has 21 heavy (non-hydrogen) atoms. The molecule has 2 N–H and O–H groups in total. The lowest BCUT2D eigenvalue weighted by Gasteiger charge is -2.24. The van der Waals surface area contributed by atoms with Gasteiger partial charge in [-0.25, -0.2) is 0 Å². The highest BCUT2D eigenvalue weighted by Gasteiger charge is 2.11. The second kappa shape index (κ2) is 7.14. The van der Waals surface area contributed by atoms with Crippen LogP contribution in [-0.2, 0) is 0 Å². The molecule has 1 aliphatic heterocycles. The minimum Gasteiger partial charge on any atom is -0.457 e. The van der Waals surface area contributed by atoms with Crippen LogP contribution in [0.4, 0.5) is 5.69 Å². The molecule has 3 nitrogen and oxygen atoms in total. The summed E-state index contributed by atoms with van der Waals surface area (Å²) in [5.74, 6) is 1.73. The number of ether oxygens (including phenoxy) is 1. The predicted octanol–water partition coefficient (Wildman–Crippen LogP) is 4.03. The standard InChI is InChI=1S/C18H22N2O/c1-2-9-17(10-3-1)21-18-11-6-8-15(13-18)20-14-16-7-4-5-12-19-16/h1-3,6,8-11,13,16,19-20H,4-5,7,12,14H2. The fourth-order valence-electron chi connectivity index (χ4n) is 2.63. The summed E-state index contributed by atoms with van der Waals surface area (Å²) in [5.41, 5.74) is 1.11. The summed E-state index contributed by atoms with van der Waals surface area (Å²) in [6.45, 7) is 2.11. The Bertz CT molecular complexity index is 550. The molecule has 0 amide bonds. The van der Waals surface area contributed by atoms with E-state index in [0.29, 0.717) is 6.04 Å². The van der Waals surface area contributed by atoms with Crippen molar-refractivity contribution in [3.8, 4) is 11.5 Å². The predicted molar refractivity (Wildman–Crippen MR) is 87.1 cm³/mol. The minimum absolute atomic E-state index is 0.581. The summed E-state index contributed by atoms with van der Waals surface area (Å²) in [5, 5.41) is 7.05. The van der Waals surface area contributed by atoms with Gasteiger partial charge in [0, 0.05) is 24.3 Å². The molecule has 0 radical (unpaired) electrons. The third kappa shape index (κ3) is 4.23. The zero-order valence-corrected chi connectivity index (χ0v) is 12.2. The molecule has 3 rings (SSSR count). The molecule has 0 aliphatic carbocycles. The Morgan fingerprint density at radius 1 is 1.00 bits per heavy atom. The van der Waals surface area contributed by atoms with Crippen LogP contribution in [0.15, 0.2) is 54.6 Å². The summed E-state index contributed by atoms with van der Waals surface area (Å²) < 4.78 is 5.86. The van der Waals surface area contributed by atoms with E-state index in [2.05, 4.69) is 22.8 Å².